The van der Waals surface area contributed by atoms with Gasteiger partial charge in [0, 0.05) is 44.3 Å². The highest BCUT2D eigenvalue weighted by molar-refractivity contribution is 6.17. The molecule has 3 nitrogen and oxygen atoms in total. The zero-order valence-electron chi connectivity index (χ0n) is 12.3. The van der Waals surface area contributed by atoms with Gasteiger partial charge >= 0.3 is 0 Å². The van der Waals surface area contributed by atoms with Gasteiger partial charge in [0.25, 0.3) is 5.91 Å². The topological polar surface area (TPSA) is 23.6 Å². The summed E-state index contributed by atoms with van der Waals surface area (Å²) in [5, 5.41) is 0. The van der Waals surface area contributed by atoms with Crippen molar-refractivity contribution in [1.29, 1.82) is 0 Å². The van der Waals surface area contributed by atoms with E-state index in [-0.39, 0.29) is 5.91 Å². The van der Waals surface area contributed by atoms with Crippen LogP contribution in [0.25, 0.3) is 0 Å². The third-order valence-corrected chi connectivity index (χ3v) is 4.15. The molecule has 0 aromatic heterocycles. The Kier molecular flexibility index (Phi) is 5.30. The van der Waals surface area contributed by atoms with E-state index in [1.807, 2.05) is 48.2 Å². The number of carbonyl (C=O) groups is 1. The van der Waals surface area contributed by atoms with Crippen molar-refractivity contribution in [3.8, 4) is 0 Å². The second-order valence-corrected chi connectivity index (χ2v) is 6.06. The minimum absolute atomic E-state index is 0.146. The monoisotopic (exact) mass is 294 g/mol. The first-order valence-electron chi connectivity index (χ1n) is 7.24. The van der Waals surface area contributed by atoms with Crippen molar-refractivity contribution in [3.05, 3.63) is 29.8 Å². The van der Waals surface area contributed by atoms with Crippen molar-refractivity contribution in [1.82, 2.24) is 4.90 Å². The van der Waals surface area contributed by atoms with Gasteiger partial charge in [-0.05, 0) is 43.4 Å². The molecule has 1 aromatic carbocycles. The molecule has 0 N–H and O–H groups in total. The van der Waals surface area contributed by atoms with Crippen molar-refractivity contribution in [3.63, 3.8) is 0 Å². The van der Waals surface area contributed by atoms with Crippen LogP contribution in [0, 0.1) is 5.92 Å². The molecule has 0 aliphatic carbocycles. The standard InChI is InChI=1S/C16H23ClN2O/c1-18(2)15-7-3-6-14(11-15)16(20)19-10-4-5-13(12-19)8-9-17/h3,6-7,11,13H,4-5,8-10,12H2,1-2H3. The Morgan fingerprint density at radius 2 is 2.25 bits per heavy atom. The fraction of sp³-hybridized carbons (Fsp3) is 0.562. The molecule has 1 aromatic rings. The van der Waals surface area contributed by atoms with Gasteiger partial charge in [0.1, 0.15) is 0 Å². The van der Waals surface area contributed by atoms with Crippen molar-refractivity contribution in [2.24, 2.45) is 5.92 Å². The molecule has 0 bridgehead atoms. The Morgan fingerprint density at radius 3 is 2.95 bits per heavy atom. The van der Waals surface area contributed by atoms with Crippen LogP contribution < -0.4 is 4.90 Å². The van der Waals surface area contributed by atoms with Gasteiger partial charge in [-0.15, -0.1) is 11.6 Å². The first-order valence-corrected chi connectivity index (χ1v) is 7.78. The fourth-order valence-electron chi connectivity index (χ4n) is 2.74. The summed E-state index contributed by atoms with van der Waals surface area (Å²) in [6.45, 7) is 1.71. The number of anilines is 1. The van der Waals surface area contributed by atoms with Crippen LogP contribution in [0.3, 0.4) is 0 Å². The third kappa shape index (κ3) is 3.66. The van der Waals surface area contributed by atoms with E-state index < -0.39 is 0 Å². The predicted octanol–water partition coefficient (Wildman–Crippen LogP) is 3.23. The van der Waals surface area contributed by atoms with E-state index in [1.54, 1.807) is 0 Å². The Bertz CT molecular complexity index is 460. The van der Waals surface area contributed by atoms with Crippen LogP contribution in [0.4, 0.5) is 5.69 Å². The molecule has 20 heavy (non-hydrogen) atoms. The average Bonchev–Trinajstić information content (AvgIpc) is 2.47. The summed E-state index contributed by atoms with van der Waals surface area (Å²) >= 11 is 5.83. The molecule has 1 saturated heterocycles. The maximum Gasteiger partial charge on any atom is 0.253 e. The van der Waals surface area contributed by atoms with E-state index >= 15 is 0 Å². The van der Waals surface area contributed by atoms with Crippen LogP contribution in [0.5, 0.6) is 0 Å². The highest BCUT2D eigenvalue weighted by atomic mass is 35.5. The molecule has 4 heteroatoms. The molecule has 1 aliphatic heterocycles. The largest absolute Gasteiger partial charge is 0.378 e. The second-order valence-electron chi connectivity index (χ2n) is 5.68. The quantitative estimate of drug-likeness (QED) is 0.796. The number of likely N-dealkylation sites (tertiary alicyclic amines) is 1. The number of carbonyl (C=O) groups excluding carboxylic acids is 1. The van der Waals surface area contributed by atoms with Gasteiger partial charge in [0.05, 0.1) is 0 Å². The predicted molar refractivity (Wildman–Crippen MR) is 84.7 cm³/mol. The lowest BCUT2D eigenvalue weighted by molar-refractivity contribution is 0.0671. The average molecular weight is 295 g/mol. The van der Waals surface area contributed by atoms with Crippen molar-refractivity contribution in [2.75, 3.05) is 38.0 Å². The van der Waals surface area contributed by atoms with Gasteiger partial charge in [-0.1, -0.05) is 6.07 Å². The minimum Gasteiger partial charge on any atom is -0.378 e. The van der Waals surface area contributed by atoms with Crippen LogP contribution in [0.15, 0.2) is 24.3 Å². The highest BCUT2D eigenvalue weighted by Crippen LogP contribution is 2.22. The van der Waals surface area contributed by atoms with Crippen LogP contribution in [-0.2, 0) is 0 Å². The molecule has 1 unspecified atom stereocenters. The summed E-state index contributed by atoms with van der Waals surface area (Å²) in [5.41, 5.74) is 1.84. The van der Waals surface area contributed by atoms with E-state index in [9.17, 15) is 4.79 Å². The fourth-order valence-corrected chi connectivity index (χ4v) is 3.05. The van der Waals surface area contributed by atoms with Gasteiger partial charge in [-0.25, -0.2) is 0 Å². The van der Waals surface area contributed by atoms with Gasteiger partial charge in [0.15, 0.2) is 0 Å². The summed E-state index contributed by atoms with van der Waals surface area (Å²) in [6, 6.07) is 7.83. The smallest absolute Gasteiger partial charge is 0.253 e. The number of alkyl halides is 1. The molecule has 0 saturated carbocycles. The molecule has 110 valence electrons. The van der Waals surface area contributed by atoms with E-state index in [4.69, 9.17) is 11.6 Å². The van der Waals surface area contributed by atoms with Gasteiger partial charge in [0.2, 0.25) is 0 Å². The molecule has 2 rings (SSSR count). The molecule has 1 atom stereocenters. The maximum absolute atomic E-state index is 12.6. The number of rotatable bonds is 4. The van der Waals surface area contributed by atoms with Crippen LogP contribution in [-0.4, -0.2) is 43.9 Å². The molecular formula is C16H23ClN2O. The third-order valence-electron chi connectivity index (χ3n) is 3.93. The molecule has 1 aliphatic rings. The number of amides is 1. The molecular weight excluding hydrogens is 272 g/mol. The lowest BCUT2D eigenvalue weighted by Crippen LogP contribution is -2.40. The van der Waals surface area contributed by atoms with Crippen LogP contribution in [0.1, 0.15) is 29.6 Å². The van der Waals surface area contributed by atoms with Gasteiger partial charge < -0.3 is 9.80 Å². The lowest BCUT2D eigenvalue weighted by Gasteiger charge is -2.32. The van der Waals surface area contributed by atoms with Gasteiger partial charge in [-0.2, -0.15) is 0 Å². The van der Waals surface area contributed by atoms with E-state index in [1.165, 1.54) is 6.42 Å². The summed E-state index contributed by atoms with van der Waals surface area (Å²) in [6.07, 6.45) is 3.28. The first kappa shape index (κ1) is 15.2. The summed E-state index contributed by atoms with van der Waals surface area (Å²) in [5.74, 6) is 1.39. The number of halogens is 1. The van der Waals surface area contributed by atoms with Crippen LogP contribution in [0.2, 0.25) is 0 Å². The normalized spacial score (nSPS) is 18.9. The molecule has 1 heterocycles. The Balaban J connectivity index is 2.08. The maximum atomic E-state index is 12.6. The van der Waals surface area contributed by atoms with Gasteiger partial charge in [-0.3, -0.25) is 4.79 Å². The number of hydrogen-bond acceptors (Lipinski definition) is 2. The van der Waals surface area contributed by atoms with E-state index in [0.29, 0.717) is 11.8 Å². The lowest BCUT2D eigenvalue weighted by atomic mass is 9.95. The Morgan fingerprint density at radius 1 is 1.45 bits per heavy atom. The van der Waals surface area contributed by atoms with Crippen molar-refractivity contribution < 1.29 is 4.79 Å². The number of hydrogen-bond donors (Lipinski definition) is 0. The summed E-state index contributed by atoms with van der Waals surface area (Å²) < 4.78 is 0. The van der Waals surface area contributed by atoms with E-state index in [0.717, 1.165) is 37.2 Å². The first-order chi connectivity index (χ1) is 9.61. The minimum atomic E-state index is 0.146. The Hall–Kier alpha value is -1.22. The zero-order chi connectivity index (χ0) is 14.5. The highest BCUT2D eigenvalue weighted by Gasteiger charge is 2.24. The second kappa shape index (κ2) is 6.98. The molecule has 1 fully saturated rings. The zero-order valence-corrected chi connectivity index (χ0v) is 13.1. The molecule has 0 radical (unpaired) electrons. The van der Waals surface area contributed by atoms with Crippen molar-refractivity contribution >= 4 is 23.2 Å². The molecule has 1 amide bonds. The van der Waals surface area contributed by atoms with Crippen molar-refractivity contribution in [2.45, 2.75) is 19.3 Å². The molecule has 0 spiro atoms. The number of nitrogens with zero attached hydrogens (tertiary/aromatic N) is 2. The summed E-state index contributed by atoms with van der Waals surface area (Å²) in [7, 11) is 3.97. The SMILES string of the molecule is CN(C)c1cccc(C(=O)N2CCCC(CCCl)C2)c1. The van der Waals surface area contributed by atoms with E-state index in [2.05, 4.69) is 0 Å². The number of piperidine rings is 1. The Labute approximate surface area is 126 Å². The number of benzene rings is 1. The summed E-state index contributed by atoms with van der Waals surface area (Å²) in [4.78, 5) is 16.6. The van der Waals surface area contributed by atoms with Crippen LogP contribution >= 0.6 is 11.6 Å².